The van der Waals surface area contributed by atoms with Crippen molar-refractivity contribution < 1.29 is 0 Å². The van der Waals surface area contributed by atoms with Crippen molar-refractivity contribution in [1.29, 1.82) is 0 Å². The number of thiophene rings is 1. The lowest BCUT2D eigenvalue weighted by atomic mass is 9.88. The summed E-state index contributed by atoms with van der Waals surface area (Å²) in [4.78, 5) is 2.53. The molecule has 2 heterocycles. The topological polar surface area (TPSA) is 3.24 Å². The van der Waals surface area contributed by atoms with E-state index in [1.54, 1.807) is 11.3 Å². The summed E-state index contributed by atoms with van der Waals surface area (Å²) in [6.45, 7) is 8.32. The molecule has 78 valence electrons. The van der Waals surface area contributed by atoms with Crippen molar-refractivity contribution in [3.05, 3.63) is 20.8 Å². The zero-order chi connectivity index (χ0) is 10.1. The molecule has 1 aliphatic heterocycles. The van der Waals surface area contributed by atoms with Gasteiger partial charge >= 0.3 is 0 Å². The Morgan fingerprint density at radius 2 is 2.29 bits per heavy atom. The summed E-state index contributed by atoms with van der Waals surface area (Å²) in [6.07, 6.45) is 0. The van der Waals surface area contributed by atoms with Gasteiger partial charge in [-0.1, -0.05) is 13.8 Å². The summed E-state index contributed by atoms with van der Waals surface area (Å²) in [7, 11) is 0. The Labute approximate surface area is 98.2 Å². The van der Waals surface area contributed by atoms with Gasteiger partial charge in [0, 0.05) is 19.6 Å². The fourth-order valence-electron chi connectivity index (χ4n) is 1.83. The predicted octanol–water partition coefficient (Wildman–Crippen LogP) is 3.60. The van der Waals surface area contributed by atoms with Crippen LogP contribution in [-0.2, 0) is 6.54 Å². The van der Waals surface area contributed by atoms with Gasteiger partial charge < -0.3 is 0 Å². The first-order valence-corrected chi connectivity index (χ1v) is 6.78. The molecule has 0 saturated carbocycles. The summed E-state index contributed by atoms with van der Waals surface area (Å²) in [5, 5.41) is 2.15. The van der Waals surface area contributed by atoms with Crippen molar-refractivity contribution in [3.63, 3.8) is 0 Å². The van der Waals surface area contributed by atoms with Gasteiger partial charge in [-0.05, 0) is 44.8 Å². The second-order valence-corrected chi connectivity index (χ2v) is 6.65. The maximum Gasteiger partial charge on any atom is 0.0743 e. The summed E-state index contributed by atoms with van der Waals surface area (Å²) in [5.74, 6) is 1.77. The highest BCUT2D eigenvalue weighted by atomic mass is 79.9. The molecular weight excluding hydrogens is 258 g/mol. The van der Waals surface area contributed by atoms with Gasteiger partial charge in [-0.2, -0.15) is 0 Å². The third-order valence-electron chi connectivity index (χ3n) is 3.02. The van der Waals surface area contributed by atoms with Crippen molar-refractivity contribution in [2.24, 2.45) is 11.8 Å². The first-order valence-electron chi connectivity index (χ1n) is 5.11. The van der Waals surface area contributed by atoms with Gasteiger partial charge in [0.2, 0.25) is 0 Å². The number of nitrogens with zero attached hydrogens (tertiary/aromatic N) is 1. The third-order valence-corrected chi connectivity index (χ3v) is 4.83. The van der Waals surface area contributed by atoms with Crippen LogP contribution >= 0.6 is 27.3 Å². The van der Waals surface area contributed by atoms with Crippen LogP contribution in [0.3, 0.4) is 0 Å². The zero-order valence-electron chi connectivity index (χ0n) is 8.66. The fourth-order valence-corrected chi connectivity index (χ4v) is 3.05. The summed E-state index contributed by atoms with van der Waals surface area (Å²) < 4.78 is 1.30. The molecule has 0 aliphatic carbocycles. The molecule has 0 spiro atoms. The lowest BCUT2D eigenvalue weighted by Crippen LogP contribution is -2.48. The molecule has 1 aromatic rings. The first kappa shape index (κ1) is 10.7. The average Bonchev–Trinajstić information content (AvgIpc) is 2.42. The van der Waals surface area contributed by atoms with Gasteiger partial charge in [-0.3, -0.25) is 4.90 Å². The van der Waals surface area contributed by atoms with E-state index in [1.165, 1.54) is 22.4 Å². The number of rotatable bonds is 3. The lowest BCUT2D eigenvalue weighted by molar-refractivity contribution is 0.0614. The van der Waals surface area contributed by atoms with Crippen LogP contribution in [0.5, 0.6) is 0 Å². The Hall–Kier alpha value is 0.140. The van der Waals surface area contributed by atoms with Crippen molar-refractivity contribution >= 4 is 27.3 Å². The zero-order valence-corrected chi connectivity index (χ0v) is 11.1. The summed E-state index contributed by atoms with van der Waals surface area (Å²) in [6, 6.07) is 2.22. The molecule has 2 rings (SSSR count). The number of halogens is 1. The van der Waals surface area contributed by atoms with Gasteiger partial charge in [-0.25, -0.2) is 0 Å². The van der Waals surface area contributed by atoms with Gasteiger partial charge in [0.25, 0.3) is 0 Å². The van der Waals surface area contributed by atoms with Gasteiger partial charge in [0.15, 0.2) is 0 Å². The van der Waals surface area contributed by atoms with Gasteiger partial charge in [-0.15, -0.1) is 11.3 Å². The SMILES string of the molecule is CC(C)C1CN(Cc2ccsc2Br)C1. The van der Waals surface area contributed by atoms with Crippen LogP contribution in [0.2, 0.25) is 0 Å². The largest absolute Gasteiger partial charge is 0.298 e. The second-order valence-electron chi connectivity index (χ2n) is 4.42. The molecule has 0 N–H and O–H groups in total. The minimum atomic E-state index is 0.845. The monoisotopic (exact) mass is 273 g/mol. The number of hydrogen-bond donors (Lipinski definition) is 0. The highest BCUT2D eigenvalue weighted by Crippen LogP contribution is 2.29. The average molecular weight is 274 g/mol. The van der Waals surface area contributed by atoms with E-state index in [2.05, 4.69) is 46.1 Å². The van der Waals surface area contributed by atoms with E-state index in [-0.39, 0.29) is 0 Å². The molecule has 1 fully saturated rings. The van der Waals surface area contributed by atoms with E-state index in [4.69, 9.17) is 0 Å². The molecule has 1 aliphatic rings. The lowest BCUT2D eigenvalue weighted by Gasteiger charge is -2.41. The van der Waals surface area contributed by atoms with E-state index in [0.717, 1.165) is 18.4 Å². The van der Waals surface area contributed by atoms with Crippen LogP contribution in [0.4, 0.5) is 0 Å². The van der Waals surface area contributed by atoms with E-state index in [0.29, 0.717) is 0 Å². The van der Waals surface area contributed by atoms with E-state index >= 15 is 0 Å². The van der Waals surface area contributed by atoms with Crippen LogP contribution in [0.15, 0.2) is 15.2 Å². The Morgan fingerprint density at radius 3 is 2.79 bits per heavy atom. The Kier molecular flexibility index (Phi) is 3.30. The van der Waals surface area contributed by atoms with Crippen molar-refractivity contribution in [1.82, 2.24) is 4.90 Å². The van der Waals surface area contributed by atoms with E-state index in [9.17, 15) is 0 Å². The smallest absolute Gasteiger partial charge is 0.0743 e. The van der Waals surface area contributed by atoms with Crippen LogP contribution < -0.4 is 0 Å². The first-order chi connectivity index (χ1) is 6.66. The quantitative estimate of drug-likeness (QED) is 0.814. The molecule has 0 radical (unpaired) electrons. The standard InChI is InChI=1S/C11H16BrNS/c1-8(2)10-6-13(7-10)5-9-3-4-14-11(9)12/h3-4,8,10H,5-7H2,1-2H3. The van der Waals surface area contributed by atoms with Crippen molar-refractivity contribution in [2.75, 3.05) is 13.1 Å². The minimum absolute atomic E-state index is 0.845. The molecule has 0 unspecified atom stereocenters. The summed E-state index contributed by atoms with van der Waals surface area (Å²) >= 11 is 5.36. The second kappa shape index (κ2) is 4.33. The van der Waals surface area contributed by atoms with E-state index < -0.39 is 0 Å². The molecule has 14 heavy (non-hydrogen) atoms. The highest BCUT2D eigenvalue weighted by molar-refractivity contribution is 9.11. The van der Waals surface area contributed by atoms with E-state index in [1.807, 2.05) is 0 Å². The molecular formula is C11H16BrNS. The Bertz CT molecular complexity index is 302. The third kappa shape index (κ3) is 2.20. The Balaban J connectivity index is 1.82. The fraction of sp³-hybridized carbons (Fsp3) is 0.636. The normalized spacial score (nSPS) is 18.9. The van der Waals surface area contributed by atoms with Crippen LogP contribution in [0.25, 0.3) is 0 Å². The molecule has 0 aromatic carbocycles. The number of hydrogen-bond acceptors (Lipinski definition) is 2. The molecule has 0 amide bonds. The molecule has 1 nitrogen and oxygen atoms in total. The molecule has 0 atom stereocenters. The predicted molar refractivity (Wildman–Crippen MR) is 65.6 cm³/mol. The maximum atomic E-state index is 3.58. The molecule has 3 heteroatoms. The highest BCUT2D eigenvalue weighted by Gasteiger charge is 2.28. The van der Waals surface area contributed by atoms with Crippen molar-refractivity contribution in [2.45, 2.75) is 20.4 Å². The van der Waals surface area contributed by atoms with Crippen LogP contribution in [-0.4, -0.2) is 18.0 Å². The maximum absolute atomic E-state index is 3.58. The molecule has 1 saturated heterocycles. The number of likely N-dealkylation sites (tertiary alicyclic amines) is 1. The van der Waals surface area contributed by atoms with Crippen LogP contribution in [0, 0.1) is 11.8 Å². The summed E-state index contributed by atoms with van der Waals surface area (Å²) in [5.41, 5.74) is 1.44. The Morgan fingerprint density at radius 1 is 1.57 bits per heavy atom. The van der Waals surface area contributed by atoms with Gasteiger partial charge in [0.1, 0.15) is 0 Å². The van der Waals surface area contributed by atoms with Gasteiger partial charge in [0.05, 0.1) is 3.79 Å². The molecule has 1 aromatic heterocycles. The van der Waals surface area contributed by atoms with Crippen molar-refractivity contribution in [3.8, 4) is 0 Å². The molecule has 0 bridgehead atoms. The minimum Gasteiger partial charge on any atom is -0.298 e. The van der Waals surface area contributed by atoms with Crippen LogP contribution in [0.1, 0.15) is 19.4 Å².